The van der Waals surface area contributed by atoms with E-state index in [0.29, 0.717) is 12.6 Å². The predicted molar refractivity (Wildman–Crippen MR) is 70.0 cm³/mol. The van der Waals surface area contributed by atoms with Crippen molar-refractivity contribution in [1.29, 1.82) is 0 Å². The first-order valence-corrected chi connectivity index (χ1v) is 6.92. The van der Waals surface area contributed by atoms with Gasteiger partial charge in [-0.25, -0.2) is 4.98 Å². The Labute approximate surface area is 102 Å². The number of rotatable bonds is 3. The van der Waals surface area contributed by atoms with E-state index < -0.39 is 0 Å². The zero-order chi connectivity index (χ0) is 11.7. The Morgan fingerprint density at radius 1 is 1.50 bits per heavy atom. The van der Waals surface area contributed by atoms with Crippen LogP contribution in [-0.4, -0.2) is 17.6 Å². The first-order chi connectivity index (χ1) is 7.65. The van der Waals surface area contributed by atoms with Gasteiger partial charge in [0.1, 0.15) is 0 Å². The number of aromatic nitrogens is 1. The molecule has 1 aliphatic rings. The molecule has 0 saturated carbocycles. The van der Waals surface area contributed by atoms with E-state index in [4.69, 9.17) is 10.7 Å². The number of nitrogens with two attached hydrogens (primary N) is 1. The molecule has 90 valence electrons. The van der Waals surface area contributed by atoms with Gasteiger partial charge < -0.3 is 10.6 Å². The number of thiazole rings is 1. The fourth-order valence-electron chi connectivity index (χ4n) is 2.49. The Morgan fingerprint density at radius 3 is 2.69 bits per heavy atom. The standard InChI is InChI=1S/C12H21N3S/c1-4-10-11(6-13)16-12(14-10)15-7-8(2)5-9(15)3/h8-9H,4-7,13H2,1-3H3. The fraction of sp³-hybridized carbons (Fsp3) is 0.750. The van der Waals surface area contributed by atoms with Crippen LogP contribution in [0.4, 0.5) is 5.13 Å². The highest BCUT2D eigenvalue weighted by Gasteiger charge is 2.28. The molecule has 2 unspecified atom stereocenters. The summed E-state index contributed by atoms with van der Waals surface area (Å²) < 4.78 is 0. The van der Waals surface area contributed by atoms with Crippen molar-refractivity contribution in [1.82, 2.24) is 4.98 Å². The van der Waals surface area contributed by atoms with Gasteiger partial charge in [0.15, 0.2) is 5.13 Å². The van der Waals surface area contributed by atoms with E-state index in [-0.39, 0.29) is 0 Å². The molecule has 1 fully saturated rings. The first-order valence-electron chi connectivity index (χ1n) is 6.11. The number of hydrogen-bond donors (Lipinski definition) is 1. The van der Waals surface area contributed by atoms with Crippen LogP contribution in [0.25, 0.3) is 0 Å². The SMILES string of the molecule is CCc1nc(N2CC(C)CC2C)sc1CN. The molecule has 2 N–H and O–H groups in total. The van der Waals surface area contributed by atoms with Gasteiger partial charge in [-0.3, -0.25) is 0 Å². The summed E-state index contributed by atoms with van der Waals surface area (Å²) in [7, 11) is 0. The zero-order valence-corrected chi connectivity index (χ0v) is 11.2. The van der Waals surface area contributed by atoms with Crippen molar-refractivity contribution in [3.63, 3.8) is 0 Å². The quantitative estimate of drug-likeness (QED) is 0.880. The highest BCUT2D eigenvalue weighted by atomic mass is 32.1. The van der Waals surface area contributed by atoms with Crippen molar-refractivity contribution >= 4 is 16.5 Å². The average molecular weight is 239 g/mol. The summed E-state index contributed by atoms with van der Waals surface area (Å²) in [6, 6.07) is 0.622. The van der Waals surface area contributed by atoms with Crippen LogP contribution in [0.5, 0.6) is 0 Å². The van der Waals surface area contributed by atoms with Crippen LogP contribution in [0.3, 0.4) is 0 Å². The Morgan fingerprint density at radius 2 is 2.25 bits per heavy atom. The van der Waals surface area contributed by atoms with Crippen molar-refractivity contribution in [2.75, 3.05) is 11.4 Å². The molecule has 3 nitrogen and oxygen atoms in total. The van der Waals surface area contributed by atoms with Gasteiger partial charge in [0.05, 0.1) is 5.69 Å². The second-order valence-corrected chi connectivity index (χ2v) is 5.83. The van der Waals surface area contributed by atoms with Gasteiger partial charge in [0, 0.05) is 24.0 Å². The van der Waals surface area contributed by atoms with Crippen LogP contribution in [0.1, 0.15) is 37.8 Å². The Kier molecular flexibility index (Phi) is 3.50. The molecule has 0 radical (unpaired) electrons. The zero-order valence-electron chi connectivity index (χ0n) is 10.4. The lowest BCUT2D eigenvalue weighted by atomic mass is 10.1. The van der Waals surface area contributed by atoms with Gasteiger partial charge in [-0.1, -0.05) is 13.8 Å². The van der Waals surface area contributed by atoms with Crippen molar-refractivity contribution < 1.29 is 0 Å². The minimum absolute atomic E-state index is 0.622. The summed E-state index contributed by atoms with van der Waals surface area (Å²) in [6.07, 6.45) is 2.26. The molecule has 16 heavy (non-hydrogen) atoms. The third kappa shape index (κ3) is 2.09. The molecule has 0 amide bonds. The van der Waals surface area contributed by atoms with Gasteiger partial charge in [0.2, 0.25) is 0 Å². The maximum absolute atomic E-state index is 5.75. The van der Waals surface area contributed by atoms with Crippen LogP contribution >= 0.6 is 11.3 Å². The molecule has 1 aliphatic heterocycles. The van der Waals surface area contributed by atoms with E-state index in [1.807, 2.05) is 0 Å². The number of nitrogens with zero attached hydrogens (tertiary/aromatic N) is 2. The van der Waals surface area contributed by atoms with Crippen molar-refractivity contribution in [2.45, 2.75) is 46.2 Å². The van der Waals surface area contributed by atoms with Gasteiger partial charge in [0.25, 0.3) is 0 Å². The molecular formula is C12H21N3S. The second kappa shape index (κ2) is 4.72. The molecule has 2 rings (SSSR count). The number of anilines is 1. The molecule has 0 aliphatic carbocycles. The lowest BCUT2D eigenvalue weighted by Gasteiger charge is -2.19. The maximum atomic E-state index is 5.75. The van der Waals surface area contributed by atoms with Crippen molar-refractivity contribution in [3.8, 4) is 0 Å². The molecule has 2 heterocycles. The minimum Gasteiger partial charge on any atom is -0.345 e. The minimum atomic E-state index is 0.622. The Balaban J connectivity index is 2.23. The summed E-state index contributed by atoms with van der Waals surface area (Å²) >= 11 is 1.78. The van der Waals surface area contributed by atoms with E-state index in [0.717, 1.165) is 18.9 Å². The third-order valence-electron chi connectivity index (χ3n) is 3.32. The first kappa shape index (κ1) is 11.9. The van der Waals surface area contributed by atoms with Gasteiger partial charge in [-0.15, -0.1) is 11.3 Å². The fourth-order valence-corrected chi connectivity index (χ4v) is 3.63. The molecule has 2 atom stereocenters. The van der Waals surface area contributed by atoms with E-state index >= 15 is 0 Å². The van der Waals surface area contributed by atoms with E-state index in [1.54, 1.807) is 11.3 Å². The van der Waals surface area contributed by atoms with E-state index in [1.165, 1.54) is 22.1 Å². The van der Waals surface area contributed by atoms with Gasteiger partial charge in [-0.2, -0.15) is 0 Å². The molecule has 1 aromatic heterocycles. The molecule has 0 bridgehead atoms. The summed E-state index contributed by atoms with van der Waals surface area (Å²) in [5, 5.41) is 1.18. The van der Waals surface area contributed by atoms with Crippen LogP contribution in [0.15, 0.2) is 0 Å². The topological polar surface area (TPSA) is 42.2 Å². The average Bonchev–Trinajstić information content (AvgIpc) is 2.81. The van der Waals surface area contributed by atoms with Gasteiger partial charge >= 0.3 is 0 Å². The van der Waals surface area contributed by atoms with Crippen molar-refractivity contribution in [2.24, 2.45) is 11.7 Å². The van der Waals surface area contributed by atoms with Crippen molar-refractivity contribution in [3.05, 3.63) is 10.6 Å². The highest BCUT2D eigenvalue weighted by molar-refractivity contribution is 7.15. The van der Waals surface area contributed by atoms with Crippen LogP contribution < -0.4 is 10.6 Å². The molecule has 4 heteroatoms. The molecular weight excluding hydrogens is 218 g/mol. The predicted octanol–water partition coefficient (Wildman–Crippen LogP) is 2.40. The van der Waals surface area contributed by atoms with E-state index in [9.17, 15) is 0 Å². The summed E-state index contributed by atoms with van der Waals surface area (Å²) in [4.78, 5) is 8.42. The van der Waals surface area contributed by atoms with E-state index in [2.05, 4.69) is 25.7 Å². The summed E-state index contributed by atoms with van der Waals surface area (Å²) in [6.45, 7) is 8.52. The van der Waals surface area contributed by atoms with Crippen LogP contribution in [-0.2, 0) is 13.0 Å². The van der Waals surface area contributed by atoms with Crippen LogP contribution in [0, 0.1) is 5.92 Å². The summed E-state index contributed by atoms with van der Waals surface area (Å²) in [5.41, 5.74) is 6.94. The second-order valence-electron chi connectivity index (χ2n) is 4.77. The Bertz CT molecular complexity index is 340. The molecule has 0 spiro atoms. The van der Waals surface area contributed by atoms with Crippen LogP contribution in [0.2, 0.25) is 0 Å². The lowest BCUT2D eigenvalue weighted by Crippen LogP contribution is -2.26. The molecule has 1 aromatic rings. The molecule has 1 saturated heterocycles. The summed E-state index contributed by atoms with van der Waals surface area (Å²) in [5.74, 6) is 0.783. The molecule has 0 aromatic carbocycles. The largest absolute Gasteiger partial charge is 0.345 e. The monoisotopic (exact) mass is 239 g/mol. The normalized spacial score (nSPS) is 25.4. The third-order valence-corrected chi connectivity index (χ3v) is 4.47. The van der Waals surface area contributed by atoms with Gasteiger partial charge in [-0.05, 0) is 25.7 Å². The smallest absolute Gasteiger partial charge is 0.186 e. The maximum Gasteiger partial charge on any atom is 0.186 e. The Hall–Kier alpha value is -0.610. The lowest BCUT2D eigenvalue weighted by molar-refractivity contribution is 0.625. The highest BCUT2D eigenvalue weighted by Crippen LogP contribution is 2.33. The number of hydrogen-bond acceptors (Lipinski definition) is 4. The number of aryl methyl sites for hydroxylation is 1.